The van der Waals surface area contributed by atoms with Crippen LogP contribution in [0.2, 0.25) is 0 Å². The Morgan fingerprint density at radius 3 is 2.73 bits per heavy atom. The average molecular weight is 225 g/mol. The van der Waals surface area contributed by atoms with E-state index in [1.54, 1.807) is 24.3 Å². The third-order valence-corrected chi connectivity index (χ3v) is 4.19. The quantitative estimate of drug-likeness (QED) is 0.763. The maximum absolute atomic E-state index is 11.9. The van der Waals surface area contributed by atoms with Gasteiger partial charge in [0.2, 0.25) is 9.84 Å². The van der Waals surface area contributed by atoms with Crippen molar-refractivity contribution in [2.75, 3.05) is 19.5 Å². The molecule has 0 fully saturated rings. The van der Waals surface area contributed by atoms with Gasteiger partial charge in [-0.1, -0.05) is 6.07 Å². The first-order chi connectivity index (χ1) is 7.07. The molecule has 80 valence electrons. The molecule has 0 atom stereocenters. The molecule has 1 aliphatic rings. The molecule has 1 aromatic carbocycles. The molecular weight excluding hydrogens is 214 g/mol. The molecule has 0 saturated heterocycles. The van der Waals surface area contributed by atoms with Crippen molar-refractivity contribution in [2.45, 2.75) is 4.90 Å². The number of sulfone groups is 1. The smallest absolute Gasteiger partial charge is 0.205 e. The van der Waals surface area contributed by atoms with Crippen LogP contribution in [0.4, 0.5) is 5.69 Å². The van der Waals surface area contributed by atoms with E-state index in [-0.39, 0.29) is 16.4 Å². The predicted molar refractivity (Wildman–Crippen MR) is 57.9 cm³/mol. The molecule has 1 heterocycles. The van der Waals surface area contributed by atoms with Crippen LogP contribution in [0.25, 0.3) is 6.08 Å². The Morgan fingerprint density at radius 2 is 2.13 bits per heavy atom. The predicted octanol–water partition coefficient (Wildman–Crippen LogP) is 1.04. The average Bonchev–Trinajstić information content (AvgIpc) is 2.43. The highest BCUT2D eigenvalue weighted by molar-refractivity contribution is 7.95. The number of hydrogen-bond donors (Lipinski definition) is 1. The van der Waals surface area contributed by atoms with Crippen LogP contribution < -0.4 is 5.73 Å². The third-order valence-electron chi connectivity index (χ3n) is 2.33. The molecule has 15 heavy (non-hydrogen) atoms. The fourth-order valence-corrected chi connectivity index (χ4v) is 3.14. The van der Waals surface area contributed by atoms with E-state index in [9.17, 15) is 8.42 Å². The van der Waals surface area contributed by atoms with Crippen LogP contribution in [0.1, 0.15) is 5.56 Å². The molecule has 1 aliphatic heterocycles. The van der Waals surface area contributed by atoms with Gasteiger partial charge in [0.05, 0.1) is 16.4 Å². The van der Waals surface area contributed by atoms with E-state index in [1.165, 1.54) is 7.11 Å². The van der Waals surface area contributed by atoms with Gasteiger partial charge in [0, 0.05) is 18.4 Å². The zero-order valence-electron chi connectivity index (χ0n) is 8.23. The van der Waals surface area contributed by atoms with Crippen LogP contribution in [0, 0.1) is 0 Å². The maximum Gasteiger partial charge on any atom is 0.205 e. The van der Waals surface area contributed by atoms with Crippen LogP contribution in [0.5, 0.6) is 0 Å². The number of rotatable bonds is 2. The molecule has 0 aliphatic carbocycles. The van der Waals surface area contributed by atoms with Gasteiger partial charge in [-0.2, -0.15) is 0 Å². The third kappa shape index (κ3) is 1.44. The summed E-state index contributed by atoms with van der Waals surface area (Å²) in [5, 5.41) is 0. The van der Waals surface area contributed by atoms with Crippen LogP contribution >= 0.6 is 0 Å². The molecule has 2 rings (SSSR count). The summed E-state index contributed by atoms with van der Waals surface area (Å²) in [5.74, 6) is 0. The Balaban J connectivity index is 2.64. The highest BCUT2D eigenvalue weighted by Crippen LogP contribution is 2.35. The van der Waals surface area contributed by atoms with Gasteiger partial charge < -0.3 is 10.5 Å². The van der Waals surface area contributed by atoms with Crippen LogP contribution in [-0.4, -0.2) is 22.1 Å². The van der Waals surface area contributed by atoms with E-state index in [0.29, 0.717) is 11.3 Å². The van der Waals surface area contributed by atoms with Crippen molar-refractivity contribution in [3.8, 4) is 0 Å². The molecule has 0 aromatic heterocycles. The van der Waals surface area contributed by atoms with Gasteiger partial charge in [-0.05, 0) is 18.2 Å². The van der Waals surface area contributed by atoms with Crippen molar-refractivity contribution in [1.29, 1.82) is 0 Å². The SMILES string of the molecule is COCC1=Cc2c(N)cccc2S1(=O)=O. The molecule has 0 saturated carbocycles. The summed E-state index contributed by atoms with van der Waals surface area (Å²) in [6.07, 6.45) is 1.57. The fourth-order valence-electron chi connectivity index (χ4n) is 1.59. The van der Waals surface area contributed by atoms with Gasteiger partial charge in [0.25, 0.3) is 0 Å². The van der Waals surface area contributed by atoms with Crippen molar-refractivity contribution in [1.82, 2.24) is 0 Å². The first-order valence-corrected chi connectivity index (χ1v) is 5.89. The lowest BCUT2D eigenvalue weighted by Crippen LogP contribution is -2.05. The Kier molecular flexibility index (Phi) is 2.28. The molecule has 2 N–H and O–H groups in total. The van der Waals surface area contributed by atoms with Crippen molar-refractivity contribution in [2.24, 2.45) is 0 Å². The molecule has 4 nitrogen and oxygen atoms in total. The van der Waals surface area contributed by atoms with Crippen LogP contribution in [-0.2, 0) is 14.6 Å². The van der Waals surface area contributed by atoms with Gasteiger partial charge in [-0.25, -0.2) is 8.42 Å². The van der Waals surface area contributed by atoms with Crippen molar-refractivity contribution < 1.29 is 13.2 Å². The van der Waals surface area contributed by atoms with Crippen LogP contribution in [0.3, 0.4) is 0 Å². The second-order valence-corrected chi connectivity index (χ2v) is 5.28. The van der Waals surface area contributed by atoms with Crippen molar-refractivity contribution in [3.05, 3.63) is 28.7 Å². The summed E-state index contributed by atoms with van der Waals surface area (Å²) in [4.78, 5) is 0.535. The Bertz CT molecular complexity index is 532. The molecule has 0 radical (unpaired) electrons. The molecule has 1 aromatic rings. The molecular formula is C10H11NO3S. The number of fused-ring (bicyclic) bond motifs is 1. The highest BCUT2D eigenvalue weighted by Gasteiger charge is 2.30. The number of benzene rings is 1. The molecule has 0 spiro atoms. The highest BCUT2D eigenvalue weighted by atomic mass is 32.2. The summed E-state index contributed by atoms with van der Waals surface area (Å²) in [6.45, 7) is 0.0798. The lowest BCUT2D eigenvalue weighted by Gasteiger charge is -2.02. The van der Waals surface area contributed by atoms with Gasteiger partial charge in [-0.15, -0.1) is 0 Å². The molecule has 0 amide bonds. The van der Waals surface area contributed by atoms with E-state index >= 15 is 0 Å². The Hall–Kier alpha value is -1.33. The summed E-state index contributed by atoms with van der Waals surface area (Å²) < 4.78 is 28.7. The monoisotopic (exact) mass is 225 g/mol. The zero-order chi connectivity index (χ0) is 11.1. The number of nitrogen functional groups attached to an aromatic ring is 1. The largest absolute Gasteiger partial charge is 0.398 e. The molecule has 0 bridgehead atoms. The first-order valence-electron chi connectivity index (χ1n) is 4.40. The van der Waals surface area contributed by atoms with E-state index in [1.807, 2.05) is 0 Å². The fraction of sp³-hybridized carbons (Fsp3) is 0.200. The lowest BCUT2D eigenvalue weighted by molar-refractivity contribution is 0.231. The molecule has 5 heteroatoms. The van der Waals surface area contributed by atoms with Gasteiger partial charge in [-0.3, -0.25) is 0 Å². The summed E-state index contributed by atoms with van der Waals surface area (Å²) >= 11 is 0. The molecule has 0 unspecified atom stereocenters. The number of methoxy groups -OCH3 is 1. The van der Waals surface area contributed by atoms with Gasteiger partial charge in [0.1, 0.15) is 0 Å². The summed E-state index contributed by atoms with van der Waals surface area (Å²) in [5.41, 5.74) is 6.75. The normalized spacial score (nSPS) is 17.3. The Labute approximate surface area is 88.3 Å². The van der Waals surface area contributed by atoms with E-state index in [0.717, 1.165) is 0 Å². The minimum atomic E-state index is -3.37. The van der Waals surface area contributed by atoms with E-state index < -0.39 is 9.84 Å². The second kappa shape index (κ2) is 3.36. The minimum absolute atomic E-state index is 0.0798. The van der Waals surface area contributed by atoms with Crippen molar-refractivity contribution >= 4 is 21.6 Å². The van der Waals surface area contributed by atoms with E-state index in [4.69, 9.17) is 10.5 Å². The number of hydrogen-bond acceptors (Lipinski definition) is 4. The van der Waals surface area contributed by atoms with Crippen LogP contribution in [0.15, 0.2) is 28.0 Å². The lowest BCUT2D eigenvalue weighted by atomic mass is 10.2. The topological polar surface area (TPSA) is 69.4 Å². The number of anilines is 1. The maximum atomic E-state index is 11.9. The Morgan fingerprint density at radius 1 is 1.40 bits per heavy atom. The summed E-state index contributed by atoms with van der Waals surface area (Å²) in [7, 11) is -1.91. The zero-order valence-corrected chi connectivity index (χ0v) is 9.04. The second-order valence-electron chi connectivity index (χ2n) is 3.31. The van der Waals surface area contributed by atoms with E-state index in [2.05, 4.69) is 0 Å². The number of ether oxygens (including phenoxy) is 1. The van der Waals surface area contributed by atoms with Gasteiger partial charge in [0.15, 0.2) is 0 Å². The standard InChI is InChI=1S/C10H11NO3S/c1-14-6-7-5-8-9(11)3-2-4-10(8)15(7,12)13/h2-5H,6,11H2,1H3. The number of nitrogens with two attached hydrogens (primary N) is 1. The minimum Gasteiger partial charge on any atom is -0.398 e. The van der Waals surface area contributed by atoms with Crippen molar-refractivity contribution in [3.63, 3.8) is 0 Å². The first kappa shape index (κ1) is 10.2. The summed E-state index contributed by atoms with van der Waals surface area (Å²) in [6, 6.07) is 4.87. The van der Waals surface area contributed by atoms with Gasteiger partial charge >= 0.3 is 0 Å².